The molecule has 0 aliphatic rings. The van der Waals surface area contributed by atoms with E-state index in [1.54, 1.807) is 18.8 Å². The highest BCUT2D eigenvalue weighted by atomic mass is 35.5. The first-order valence-corrected chi connectivity index (χ1v) is 19.1. The zero-order valence-electron chi connectivity index (χ0n) is 27.3. The molecule has 0 amide bonds. The largest absolute Gasteiger partial charge is 0.433 e. The Hall–Kier alpha value is -2.17. The smallest absolute Gasteiger partial charge is 0.403 e. The summed E-state index contributed by atoms with van der Waals surface area (Å²) in [4.78, 5) is 19.9. The van der Waals surface area contributed by atoms with Gasteiger partial charge in [-0.3, -0.25) is 29.4 Å². The quantitative estimate of drug-likeness (QED) is 0.0364. The first-order chi connectivity index (χ1) is 22.3. The molecule has 0 spiro atoms. The molecule has 47 heavy (non-hydrogen) atoms. The summed E-state index contributed by atoms with van der Waals surface area (Å²) in [6, 6.07) is 5.29. The van der Waals surface area contributed by atoms with Gasteiger partial charge in [-0.05, 0) is 58.3 Å². The Bertz CT molecular complexity index is 1280. The molecule has 2 rings (SSSR count). The molecule has 2 heterocycles. The van der Waals surface area contributed by atoms with Crippen molar-refractivity contribution >= 4 is 38.4 Å². The predicted molar refractivity (Wildman–Crippen MR) is 175 cm³/mol. The third-order valence-corrected chi connectivity index (χ3v) is 11.1. The minimum atomic E-state index is -3.28. The predicted octanol–water partition coefficient (Wildman–Crippen LogP) is 6.83. The van der Waals surface area contributed by atoms with Gasteiger partial charge in [-0.1, -0.05) is 13.8 Å². The molecule has 2 atom stereocenters. The van der Waals surface area contributed by atoms with E-state index in [1.807, 2.05) is 13.8 Å². The van der Waals surface area contributed by atoms with Gasteiger partial charge in [0.05, 0.1) is 12.1 Å². The fourth-order valence-electron chi connectivity index (χ4n) is 3.57. The number of ether oxygens (including phenoxy) is 2. The molecule has 2 unspecified atom stereocenters. The second-order valence-electron chi connectivity index (χ2n) is 10.1. The van der Waals surface area contributed by atoms with Crippen LogP contribution in [0.1, 0.15) is 57.5 Å². The van der Waals surface area contributed by atoms with E-state index in [-0.39, 0.29) is 49.9 Å². The molecule has 270 valence electrons. The molecule has 0 saturated carbocycles. The lowest BCUT2D eigenvalue weighted by Gasteiger charge is -2.27. The third-order valence-electron chi connectivity index (χ3n) is 6.22. The normalized spacial score (nSPS) is 14.0. The van der Waals surface area contributed by atoms with Crippen molar-refractivity contribution in [2.24, 2.45) is 0 Å². The molecule has 0 fully saturated rings. The highest BCUT2D eigenvalue weighted by Crippen LogP contribution is 2.51. The lowest BCUT2D eigenvalue weighted by atomic mass is 10.3. The Labute approximate surface area is 279 Å². The number of aliphatic hydroxyl groups excluding tert-OH is 1. The van der Waals surface area contributed by atoms with Crippen LogP contribution < -0.4 is 0 Å². The van der Waals surface area contributed by atoms with Crippen LogP contribution in [0.3, 0.4) is 0 Å². The molecule has 2 aromatic heterocycles. The van der Waals surface area contributed by atoms with Gasteiger partial charge in [0.2, 0.25) is 0 Å². The van der Waals surface area contributed by atoms with E-state index in [4.69, 9.17) is 44.1 Å². The minimum absolute atomic E-state index is 0.0233. The van der Waals surface area contributed by atoms with Gasteiger partial charge in [0.15, 0.2) is 0 Å². The molecule has 2 aromatic rings. The van der Waals surface area contributed by atoms with Crippen LogP contribution >= 0.6 is 26.6 Å². The number of hydrogen-bond donors (Lipinski definition) is 1. The molecule has 0 aromatic carbocycles. The highest BCUT2D eigenvalue weighted by Gasteiger charge is 2.31. The lowest BCUT2D eigenvalue weighted by Crippen LogP contribution is -2.22. The average Bonchev–Trinajstić information content (AvgIpc) is 3.73. The number of alkyl halides is 1. The van der Waals surface area contributed by atoms with Gasteiger partial charge in [-0.15, -0.1) is 11.6 Å². The Kier molecular flexibility index (Phi) is 21.2. The fourth-order valence-corrected chi connectivity index (χ4v) is 6.97. The van der Waals surface area contributed by atoms with E-state index < -0.39 is 30.8 Å². The number of nitro groups is 2. The van der Waals surface area contributed by atoms with Crippen LogP contribution in [0, 0.1) is 20.2 Å². The standard InChI is InChI=1S/C14H24ClN2O6P.C13H23N2O7P/c1-3-10-21-12-24(20,16(2)9-5-4-8-15)22-11-13-6-7-14(23-13)17(18)19;1-3-9-20-11-23(19,14(2)7-4-8-16)21-10-12-5-6-13(22-12)15(17)18/h6-7H,3-5,8-12H2,1-2H3;5-6,16H,3-4,7-11H2,1-2H3. The molecular formula is C27H47ClN4O13P2. The minimum Gasteiger partial charge on any atom is -0.403 e. The van der Waals surface area contributed by atoms with Gasteiger partial charge in [0.25, 0.3) is 15.0 Å². The molecule has 0 aliphatic carbocycles. The average molecular weight is 733 g/mol. The van der Waals surface area contributed by atoms with Gasteiger partial charge in [-0.25, -0.2) is 9.34 Å². The van der Waals surface area contributed by atoms with Crippen molar-refractivity contribution in [2.45, 2.75) is 59.2 Å². The van der Waals surface area contributed by atoms with Crippen molar-refractivity contribution in [3.63, 3.8) is 0 Å². The Morgan fingerprint density at radius 1 is 0.787 bits per heavy atom. The van der Waals surface area contributed by atoms with Gasteiger partial charge >= 0.3 is 11.8 Å². The van der Waals surface area contributed by atoms with Crippen molar-refractivity contribution in [3.8, 4) is 0 Å². The van der Waals surface area contributed by atoms with Gasteiger partial charge < -0.3 is 32.5 Å². The molecular weight excluding hydrogens is 686 g/mol. The van der Waals surface area contributed by atoms with E-state index in [2.05, 4.69) is 0 Å². The monoisotopic (exact) mass is 732 g/mol. The van der Waals surface area contributed by atoms with Crippen molar-refractivity contribution in [1.82, 2.24) is 9.34 Å². The summed E-state index contributed by atoms with van der Waals surface area (Å²) in [5, 5.41) is 30.1. The zero-order chi connectivity index (χ0) is 35.3. The molecule has 17 nitrogen and oxygen atoms in total. The van der Waals surface area contributed by atoms with Gasteiger partial charge in [0.1, 0.15) is 47.3 Å². The first-order valence-electron chi connectivity index (χ1n) is 15.0. The molecule has 0 aliphatic heterocycles. The Balaban J connectivity index is 0.000000470. The molecule has 0 bridgehead atoms. The summed E-state index contributed by atoms with van der Waals surface area (Å²) in [5.74, 6) is 0.228. The molecule has 0 saturated heterocycles. The molecule has 1 N–H and O–H groups in total. The maximum Gasteiger partial charge on any atom is 0.433 e. The second kappa shape index (κ2) is 23.2. The van der Waals surface area contributed by atoms with Crippen LogP contribution in [-0.2, 0) is 40.9 Å². The van der Waals surface area contributed by atoms with Crippen LogP contribution in [0.25, 0.3) is 0 Å². The van der Waals surface area contributed by atoms with E-state index in [9.17, 15) is 29.4 Å². The van der Waals surface area contributed by atoms with E-state index in [0.29, 0.717) is 38.6 Å². The summed E-state index contributed by atoms with van der Waals surface area (Å²) >= 11 is 5.66. The summed E-state index contributed by atoms with van der Waals surface area (Å²) in [6.07, 6.45) is 3.50. The second-order valence-corrected chi connectivity index (χ2v) is 15.5. The summed E-state index contributed by atoms with van der Waals surface area (Å²) in [7, 11) is -3.18. The number of nitrogens with zero attached hydrogens (tertiary/aromatic N) is 4. The van der Waals surface area contributed by atoms with Gasteiger partial charge in [-0.2, -0.15) is 0 Å². The third kappa shape index (κ3) is 16.2. The van der Waals surface area contributed by atoms with Crippen molar-refractivity contribution in [3.05, 3.63) is 56.0 Å². The number of hydrogen-bond acceptors (Lipinski definition) is 13. The molecule has 20 heteroatoms. The van der Waals surface area contributed by atoms with Crippen molar-refractivity contribution < 1.29 is 51.4 Å². The van der Waals surface area contributed by atoms with Crippen LogP contribution in [0.4, 0.5) is 11.8 Å². The van der Waals surface area contributed by atoms with Gasteiger partial charge in [0, 0.05) is 38.8 Å². The van der Waals surface area contributed by atoms with E-state index in [0.717, 1.165) is 25.7 Å². The Morgan fingerprint density at radius 3 is 1.55 bits per heavy atom. The van der Waals surface area contributed by atoms with Crippen molar-refractivity contribution in [2.75, 3.05) is 65.6 Å². The first kappa shape index (κ1) is 42.9. The number of unbranched alkanes of at least 4 members (excludes halogenated alkanes) is 1. The maximum absolute atomic E-state index is 13.1. The van der Waals surface area contributed by atoms with Crippen LogP contribution in [0.15, 0.2) is 33.1 Å². The summed E-state index contributed by atoms with van der Waals surface area (Å²) in [5.41, 5.74) is 0. The lowest BCUT2D eigenvalue weighted by molar-refractivity contribution is -0.402. The number of rotatable bonds is 25. The number of aliphatic hydroxyl groups is 1. The van der Waals surface area contributed by atoms with Crippen LogP contribution in [0.2, 0.25) is 0 Å². The van der Waals surface area contributed by atoms with E-state index >= 15 is 0 Å². The van der Waals surface area contributed by atoms with Crippen LogP contribution in [-0.4, -0.2) is 89.9 Å². The highest BCUT2D eigenvalue weighted by molar-refractivity contribution is 7.56. The van der Waals surface area contributed by atoms with Crippen LogP contribution in [0.5, 0.6) is 0 Å². The summed E-state index contributed by atoms with van der Waals surface area (Å²) < 4.78 is 60.9. The SMILES string of the molecule is CCCOCP(=O)(OCc1ccc([N+](=O)[O-])o1)N(C)CCCCCl.CCCOCP(=O)(OCc1ccc([N+](=O)[O-])o1)N(C)CCCO. The number of halogens is 1. The topological polar surface area (TPSA) is 210 Å². The maximum atomic E-state index is 13.1. The van der Waals surface area contributed by atoms with Crippen molar-refractivity contribution in [1.29, 1.82) is 0 Å². The summed E-state index contributed by atoms with van der Waals surface area (Å²) in [6.45, 7) is 5.44. The zero-order valence-corrected chi connectivity index (χ0v) is 29.9. The Morgan fingerprint density at radius 2 is 1.21 bits per heavy atom. The number of furan rings is 2. The van der Waals surface area contributed by atoms with E-state index in [1.165, 1.54) is 28.9 Å². The fraction of sp³-hybridized carbons (Fsp3) is 0.704. The molecule has 0 radical (unpaired) electrons.